The van der Waals surface area contributed by atoms with Gasteiger partial charge in [-0.2, -0.15) is 5.26 Å². The fourth-order valence-electron chi connectivity index (χ4n) is 0.861. The Labute approximate surface area is 76.4 Å². The lowest BCUT2D eigenvalue weighted by atomic mass is 10.3. The molecule has 0 radical (unpaired) electrons. The summed E-state index contributed by atoms with van der Waals surface area (Å²) in [6.45, 7) is 2.53. The zero-order valence-electron chi connectivity index (χ0n) is 7.45. The molecule has 0 bridgehead atoms. The van der Waals surface area contributed by atoms with E-state index in [0.717, 1.165) is 12.8 Å². The molecule has 0 aliphatic heterocycles. The first-order chi connectivity index (χ1) is 5.72. The van der Waals surface area contributed by atoms with Crippen molar-refractivity contribution in [1.82, 2.24) is 0 Å². The number of nitriles is 1. The summed E-state index contributed by atoms with van der Waals surface area (Å²) in [6, 6.07) is 2.03. The molecule has 0 spiro atoms. The molecule has 0 rings (SSSR count). The highest BCUT2D eigenvalue weighted by molar-refractivity contribution is 7.85. The van der Waals surface area contributed by atoms with E-state index in [-0.39, 0.29) is 5.25 Å². The molecule has 0 saturated carbocycles. The summed E-state index contributed by atoms with van der Waals surface area (Å²) in [5.74, 6) is 0.634. The van der Waals surface area contributed by atoms with Gasteiger partial charge in [-0.3, -0.25) is 4.21 Å². The summed E-state index contributed by atoms with van der Waals surface area (Å²) < 4.78 is 11.4. The molecule has 70 valence electrons. The normalized spacial score (nSPS) is 15.1. The van der Waals surface area contributed by atoms with Gasteiger partial charge in [0.05, 0.1) is 6.07 Å². The molecule has 2 N–H and O–H groups in total. The van der Waals surface area contributed by atoms with Crippen molar-refractivity contribution in [3.63, 3.8) is 0 Å². The van der Waals surface area contributed by atoms with Crippen LogP contribution >= 0.6 is 0 Å². The molecule has 2 unspecified atom stereocenters. The van der Waals surface area contributed by atoms with Gasteiger partial charge in [0.1, 0.15) is 0 Å². The Bertz CT molecular complexity index is 176. The lowest BCUT2D eigenvalue weighted by molar-refractivity contribution is 0.663. The van der Waals surface area contributed by atoms with Crippen molar-refractivity contribution in [2.24, 2.45) is 5.73 Å². The predicted molar refractivity (Wildman–Crippen MR) is 51.0 cm³/mol. The third-order valence-corrected chi connectivity index (χ3v) is 3.48. The van der Waals surface area contributed by atoms with Gasteiger partial charge >= 0.3 is 0 Å². The minimum Gasteiger partial charge on any atom is -0.330 e. The molecule has 0 aliphatic carbocycles. The van der Waals surface area contributed by atoms with Crippen LogP contribution in [0.2, 0.25) is 0 Å². The van der Waals surface area contributed by atoms with E-state index in [1.54, 1.807) is 0 Å². The molecule has 0 saturated heterocycles. The maximum atomic E-state index is 11.4. The first-order valence-corrected chi connectivity index (χ1v) is 5.54. The summed E-state index contributed by atoms with van der Waals surface area (Å²) in [7, 11) is -0.797. The van der Waals surface area contributed by atoms with Crippen LogP contribution in [-0.4, -0.2) is 21.8 Å². The first kappa shape index (κ1) is 11.6. The van der Waals surface area contributed by atoms with E-state index < -0.39 is 10.8 Å². The number of hydrogen-bond acceptors (Lipinski definition) is 3. The maximum absolute atomic E-state index is 11.4. The minimum absolute atomic E-state index is 0.175. The SMILES string of the molecule is CC(CCN)S(=O)CCCC#N. The summed E-state index contributed by atoms with van der Waals surface area (Å²) in [4.78, 5) is 0. The molecule has 4 heteroatoms. The minimum atomic E-state index is -0.797. The van der Waals surface area contributed by atoms with Crippen LogP contribution in [-0.2, 0) is 10.8 Å². The second-order valence-corrected chi connectivity index (χ2v) is 4.71. The molecule has 0 aliphatic rings. The highest BCUT2D eigenvalue weighted by Crippen LogP contribution is 2.02. The van der Waals surface area contributed by atoms with E-state index in [1.165, 1.54) is 0 Å². The van der Waals surface area contributed by atoms with Crippen LogP contribution in [0.25, 0.3) is 0 Å². The van der Waals surface area contributed by atoms with Crippen LogP contribution in [0.4, 0.5) is 0 Å². The van der Waals surface area contributed by atoms with E-state index >= 15 is 0 Å². The number of unbranched alkanes of at least 4 members (excludes halogenated alkanes) is 1. The quantitative estimate of drug-likeness (QED) is 0.626. The fourth-order valence-corrected chi connectivity index (χ4v) is 2.09. The Morgan fingerprint density at radius 3 is 2.83 bits per heavy atom. The molecule has 12 heavy (non-hydrogen) atoms. The van der Waals surface area contributed by atoms with Gasteiger partial charge in [-0.1, -0.05) is 6.92 Å². The van der Waals surface area contributed by atoms with Crippen molar-refractivity contribution >= 4 is 10.8 Å². The van der Waals surface area contributed by atoms with Gasteiger partial charge in [0.2, 0.25) is 0 Å². The Morgan fingerprint density at radius 2 is 2.33 bits per heavy atom. The Kier molecular flexibility index (Phi) is 7.02. The highest BCUT2D eigenvalue weighted by atomic mass is 32.2. The van der Waals surface area contributed by atoms with Crippen molar-refractivity contribution in [3.8, 4) is 6.07 Å². The lowest BCUT2D eigenvalue weighted by Crippen LogP contribution is -2.18. The average Bonchev–Trinajstić information content (AvgIpc) is 2.05. The van der Waals surface area contributed by atoms with Crippen LogP contribution in [0.1, 0.15) is 26.2 Å². The lowest BCUT2D eigenvalue weighted by Gasteiger charge is -2.08. The summed E-state index contributed by atoms with van der Waals surface area (Å²) in [5, 5.41) is 8.43. The number of hydrogen-bond donors (Lipinski definition) is 1. The van der Waals surface area contributed by atoms with Crippen LogP contribution in [0.3, 0.4) is 0 Å². The van der Waals surface area contributed by atoms with Gasteiger partial charge in [-0.15, -0.1) is 0 Å². The smallest absolute Gasteiger partial charge is 0.0622 e. The number of nitrogens with zero attached hydrogens (tertiary/aromatic N) is 1. The zero-order chi connectivity index (χ0) is 9.40. The first-order valence-electron chi connectivity index (χ1n) is 4.16. The fraction of sp³-hybridized carbons (Fsp3) is 0.875. The third-order valence-electron chi connectivity index (χ3n) is 1.66. The van der Waals surface area contributed by atoms with E-state index in [9.17, 15) is 4.21 Å². The second-order valence-electron chi connectivity index (χ2n) is 2.73. The molecule has 0 aromatic heterocycles. The number of rotatable bonds is 6. The Morgan fingerprint density at radius 1 is 1.67 bits per heavy atom. The molecule has 3 nitrogen and oxygen atoms in total. The highest BCUT2D eigenvalue weighted by Gasteiger charge is 2.08. The Balaban J connectivity index is 3.51. The summed E-state index contributed by atoms with van der Waals surface area (Å²) in [6.07, 6.45) is 2.04. The molecular weight excluding hydrogens is 172 g/mol. The zero-order valence-corrected chi connectivity index (χ0v) is 8.27. The van der Waals surface area contributed by atoms with Crippen LogP contribution in [0, 0.1) is 11.3 Å². The summed E-state index contributed by atoms with van der Waals surface area (Å²) >= 11 is 0. The van der Waals surface area contributed by atoms with Gasteiger partial charge in [0.25, 0.3) is 0 Å². The van der Waals surface area contributed by atoms with Gasteiger partial charge in [-0.25, -0.2) is 0 Å². The van der Waals surface area contributed by atoms with Gasteiger partial charge in [-0.05, 0) is 19.4 Å². The summed E-state index contributed by atoms with van der Waals surface area (Å²) in [5.41, 5.74) is 5.34. The van der Waals surface area contributed by atoms with Crippen molar-refractivity contribution in [2.45, 2.75) is 31.4 Å². The topological polar surface area (TPSA) is 66.9 Å². The Hall–Kier alpha value is -0.400. The van der Waals surface area contributed by atoms with Gasteiger partial charge in [0, 0.05) is 28.2 Å². The van der Waals surface area contributed by atoms with E-state index in [2.05, 4.69) is 0 Å². The molecular formula is C8H16N2OS. The average molecular weight is 188 g/mol. The maximum Gasteiger partial charge on any atom is 0.0622 e. The van der Waals surface area contributed by atoms with Crippen LogP contribution in [0.5, 0.6) is 0 Å². The molecule has 0 aromatic carbocycles. The largest absolute Gasteiger partial charge is 0.330 e. The van der Waals surface area contributed by atoms with Crippen LogP contribution < -0.4 is 5.73 Å². The van der Waals surface area contributed by atoms with Crippen molar-refractivity contribution in [1.29, 1.82) is 5.26 Å². The van der Waals surface area contributed by atoms with E-state index in [0.29, 0.717) is 18.7 Å². The van der Waals surface area contributed by atoms with Gasteiger partial charge in [0.15, 0.2) is 0 Å². The second kappa shape index (κ2) is 7.26. The monoisotopic (exact) mass is 188 g/mol. The molecule has 2 atom stereocenters. The molecule has 0 heterocycles. The van der Waals surface area contributed by atoms with Crippen molar-refractivity contribution < 1.29 is 4.21 Å². The van der Waals surface area contributed by atoms with E-state index in [1.807, 2.05) is 13.0 Å². The van der Waals surface area contributed by atoms with Crippen molar-refractivity contribution in [3.05, 3.63) is 0 Å². The molecule has 0 fully saturated rings. The molecule has 0 aromatic rings. The van der Waals surface area contributed by atoms with Gasteiger partial charge < -0.3 is 5.73 Å². The van der Waals surface area contributed by atoms with Crippen LogP contribution in [0.15, 0.2) is 0 Å². The van der Waals surface area contributed by atoms with E-state index in [4.69, 9.17) is 11.0 Å². The van der Waals surface area contributed by atoms with Crippen molar-refractivity contribution in [2.75, 3.05) is 12.3 Å². The predicted octanol–water partition coefficient (Wildman–Crippen LogP) is 0.776. The standard InChI is InChI=1S/C8H16N2OS/c1-8(4-6-10)12(11)7-3-2-5-9/h8H,2-4,6-7,10H2,1H3. The number of nitrogens with two attached hydrogens (primary N) is 1. The molecule has 0 amide bonds. The third kappa shape index (κ3) is 5.28.